The van der Waals surface area contributed by atoms with Gasteiger partial charge >= 0.3 is 0 Å². The molecule has 0 amide bonds. The third-order valence-electron chi connectivity index (χ3n) is 11.4. The van der Waals surface area contributed by atoms with Gasteiger partial charge in [0.25, 0.3) is 0 Å². The minimum atomic E-state index is -2.33. The average molecular weight is 1030 g/mol. The average Bonchev–Trinajstić information content (AvgIpc) is 3.87. The summed E-state index contributed by atoms with van der Waals surface area (Å²) in [6.07, 6.45) is 1.71. The maximum atomic E-state index is 14.1. The van der Waals surface area contributed by atoms with Crippen molar-refractivity contribution in [2.45, 2.75) is 72.6 Å². The van der Waals surface area contributed by atoms with Crippen LogP contribution in [0.15, 0.2) is 132 Å². The molecule has 0 fully saturated rings. The molecule has 4 aromatic heterocycles. The van der Waals surface area contributed by atoms with Crippen molar-refractivity contribution >= 4 is 44.0 Å². The second-order valence-electron chi connectivity index (χ2n) is 17.5. The summed E-state index contributed by atoms with van der Waals surface area (Å²) >= 11 is 0. The van der Waals surface area contributed by atoms with Gasteiger partial charge in [0.1, 0.15) is 11.4 Å². The van der Waals surface area contributed by atoms with E-state index in [-0.39, 0.29) is 54.3 Å². The molecule has 0 spiro atoms. The van der Waals surface area contributed by atoms with Crippen LogP contribution in [0.2, 0.25) is 0 Å². The van der Waals surface area contributed by atoms with Crippen molar-refractivity contribution in [1.82, 2.24) is 24.7 Å². The zero-order valence-corrected chi connectivity index (χ0v) is 38.9. The fourth-order valence-corrected chi connectivity index (χ4v) is 8.14. The largest absolute Gasteiger partial charge is 0.501 e. The first-order valence-electron chi connectivity index (χ1n) is 22.6. The molecule has 0 saturated heterocycles. The molecular formula is C55H47F2IrN5O-2. The van der Waals surface area contributed by atoms with E-state index in [1.54, 1.807) is 18.3 Å². The van der Waals surface area contributed by atoms with Gasteiger partial charge in [0, 0.05) is 52.7 Å². The van der Waals surface area contributed by atoms with E-state index < -0.39 is 12.7 Å². The smallest absolute Gasteiger partial charge is 0.191 e. The van der Waals surface area contributed by atoms with E-state index in [1.165, 1.54) is 29.3 Å². The molecule has 64 heavy (non-hydrogen) atoms. The molecule has 0 saturated carbocycles. The molecule has 10 aromatic rings. The SMILES string of the molecule is CC(C)c1cccc(C(C)C)c1-n1c(-c2[c-]ccc3c2oc2cc(-c4cccc(F)c4)ccc23)nc2nnc3ccccc3c21.[2H]C([2H])([2H])c1c[c-]c(-c2ccc(C(C)(C)C)cn2)c(F)c1.[Ir]. The topological polar surface area (TPSA) is 69.6 Å². The van der Waals surface area contributed by atoms with Gasteiger partial charge in [-0.3, -0.25) is 9.37 Å². The van der Waals surface area contributed by atoms with E-state index in [0.29, 0.717) is 28.3 Å². The number of benzene rings is 6. The van der Waals surface area contributed by atoms with E-state index in [4.69, 9.17) is 13.5 Å². The Hall–Kier alpha value is -6.41. The summed E-state index contributed by atoms with van der Waals surface area (Å²) in [7, 11) is 0. The van der Waals surface area contributed by atoms with Gasteiger partial charge in [-0.25, -0.2) is 4.39 Å². The summed E-state index contributed by atoms with van der Waals surface area (Å²) in [5, 5.41) is 12.0. The number of pyridine rings is 1. The summed E-state index contributed by atoms with van der Waals surface area (Å²) < 4.78 is 58.8. The molecule has 0 bridgehead atoms. The fourth-order valence-electron chi connectivity index (χ4n) is 8.14. The van der Waals surface area contributed by atoms with Crippen LogP contribution in [-0.4, -0.2) is 24.7 Å². The second kappa shape index (κ2) is 17.6. The minimum absolute atomic E-state index is 0. The predicted octanol–water partition coefficient (Wildman–Crippen LogP) is 14.7. The van der Waals surface area contributed by atoms with E-state index >= 15 is 0 Å². The summed E-state index contributed by atoms with van der Waals surface area (Å²) in [5.74, 6) is 0.320. The number of nitrogens with zero attached hydrogens (tertiary/aromatic N) is 5. The number of para-hydroxylation sites is 1. The Balaban J connectivity index is 0.000000234. The summed E-state index contributed by atoms with van der Waals surface area (Å²) in [6, 6.07) is 43.3. The molecule has 0 aliphatic heterocycles. The Morgan fingerprint density at radius 3 is 2.17 bits per heavy atom. The van der Waals surface area contributed by atoms with Crippen LogP contribution in [0.25, 0.3) is 83.5 Å². The summed E-state index contributed by atoms with van der Waals surface area (Å²) in [4.78, 5) is 9.42. The number of rotatable bonds is 6. The summed E-state index contributed by atoms with van der Waals surface area (Å²) in [6.45, 7) is 12.8. The van der Waals surface area contributed by atoms with Crippen molar-refractivity contribution in [3.8, 4) is 39.5 Å². The van der Waals surface area contributed by atoms with Gasteiger partial charge in [0.15, 0.2) is 5.65 Å². The molecule has 0 aliphatic rings. The quantitative estimate of drug-likeness (QED) is 0.155. The molecule has 4 heterocycles. The third kappa shape index (κ3) is 8.26. The van der Waals surface area contributed by atoms with Gasteiger partial charge in [-0.15, -0.1) is 52.2 Å². The van der Waals surface area contributed by atoms with Crippen LogP contribution in [0.4, 0.5) is 8.78 Å². The van der Waals surface area contributed by atoms with Crippen LogP contribution >= 0.6 is 0 Å². The zero-order chi connectivity index (χ0) is 46.7. The van der Waals surface area contributed by atoms with Crippen LogP contribution in [0.3, 0.4) is 0 Å². The maximum Gasteiger partial charge on any atom is 0.191 e. The van der Waals surface area contributed by atoms with Crippen molar-refractivity contribution in [2.24, 2.45) is 0 Å². The normalized spacial score (nSPS) is 12.6. The van der Waals surface area contributed by atoms with E-state index in [9.17, 15) is 8.78 Å². The molecular weight excluding hydrogens is 977 g/mol. The van der Waals surface area contributed by atoms with Crippen molar-refractivity contribution < 1.29 is 37.4 Å². The molecule has 9 heteroatoms. The van der Waals surface area contributed by atoms with Crippen molar-refractivity contribution in [3.63, 3.8) is 0 Å². The number of imidazole rings is 1. The van der Waals surface area contributed by atoms with Gasteiger partial charge in [0.2, 0.25) is 0 Å². The molecule has 0 unspecified atom stereocenters. The van der Waals surface area contributed by atoms with Crippen LogP contribution in [0.5, 0.6) is 0 Å². The first-order chi connectivity index (χ1) is 31.5. The Kier molecular flexibility index (Phi) is 11.1. The van der Waals surface area contributed by atoms with Gasteiger partial charge in [-0.05, 0) is 75.0 Å². The Bertz CT molecular complexity index is 3420. The van der Waals surface area contributed by atoms with Gasteiger partial charge in [-0.1, -0.05) is 145 Å². The third-order valence-corrected chi connectivity index (χ3v) is 11.4. The first kappa shape index (κ1) is 40.4. The molecule has 6 nitrogen and oxygen atoms in total. The van der Waals surface area contributed by atoms with Gasteiger partial charge < -0.3 is 14.0 Å². The van der Waals surface area contributed by atoms with E-state index in [2.05, 4.69) is 105 Å². The Morgan fingerprint density at radius 1 is 0.734 bits per heavy atom. The molecule has 0 N–H and O–H groups in total. The number of aromatic nitrogens is 5. The number of hydrogen-bond acceptors (Lipinski definition) is 5. The van der Waals surface area contributed by atoms with Crippen LogP contribution in [0, 0.1) is 30.6 Å². The van der Waals surface area contributed by atoms with Crippen molar-refractivity contribution in [1.29, 1.82) is 0 Å². The molecule has 0 atom stereocenters. The molecule has 0 aliphatic carbocycles. The van der Waals surface area contributed by atoms with Crippen molar-refractivity contribution in [3.05, 3.63) is 174 Å². The Labute approximate surface area is 390 Å². The van der Waals surface area contributed by atoms with E-state index in [1.807, 2.05) is 60.7 Å². The standard InChI is InChI=1S/C39H30FN4O.C16H17FN.Ir/c1-22(2)27-13-8-14-28(23(3)4)35(27)44-36-31-12-5-6-17-33(31)42-43-38(36)41-39(44)32-16-9-15-30-29-19-18-25(21-34(29)45-37(30)32)24-10-7-11-26(40)20-24;1-11-5-7-13(14(17)9-11)15-8-6-12(10-18-15)16(2,3)4;/h5-15,17-23H,1-4H3;5-6,8-10H,1-4H3;/q2*-1;/i;1D3;. The maximum absolute atomic E-state index is 14.1. The molecule has 1 radical (unpaired) electrons. The minimum Gasteiger partial charge on any atom is -0.501 e. The van der Waals surface area contributed by atoms with Crippen LogP contribution in [0.1, 0.15) is 86.7 Å². The zero-order valence-electron chi connectivity index (χ0n) is 39.5. The first-order valence-corrected chi connectivity index (χ1v) is 21.1. The number of aryl methyl sites for hydroxylation is 1. The molecule has 6 aromatic carbocycles. The molecule has 323 valence electrons. The van der Waals surface area contributed by atoms with Crippen molar-refractivity contribution in [2.75, 3.05) is 0 Å². The number of furan rings is 1. The van der Waals surface area contributed by atoms with Crippen LogP contribution < -0.4 is 0 Å². The molecule has 10 rings (SSSR count). The van der Waals surface area contributed by atoms with Gasteiger partial charge in [-0.2, -0.15) is 0 Å². The summed E-state index contributed by atoms with van der Waals surface area (Å²) in [5.41, 5.74) is 11.2. The predicted molar refractivity (Wildman–Crippen MR) is 251 cm³/mol. The number of fused-ring (bicyclic) bond motifs is 6. The second-order valence-corrected chi connectivity index (χ2v) is 17.5. The Morgan fingerprint density at radius 2 is 1.48 bits per heavy atom. The number of halogens is 2. The van der Waals surface area contributed by atoms with Gasteiger partial charge in [0.05, 0.1) is 22.4 Å². The number of hydrogen-bond donors (Lipinski definition) is 0. The van der Waals surface area contributed by atoms with E-state index in [0.717, 1.165) is 61.2 Å². The fraction of sp³-hybridized carbons (Fsp3) is 0.200. The van der Waals surface area contributed by atoms with Crippen LogP contribution in [-0.2, 0) is 25.5 Å². The monoisotopic (exact) mass is 1030 g/mol.